The van der Waals surface area contributed by atoms with Gasteiger partial charge in [-0.3, -0.25) is 33.6 Å². The van der Waals surface area contributed by atoms with Gasteiger partial charge in [0.15, 0.2) is 5.69 Å². The highest BCUT2D eigenvalue weighted by Crippen LogP contribution is 2.24. The van der Waals surface area contributed by atoms with E-state index in [4.69, 9.17) is 5.73 Å². The highest BCUT2D eigenvalue weighted by atomic mass is 16.2. The summed E-state index contributed by atoms with van der Waals surface area (Å²) in [7, 11) is 0. The van der Waals surface area contributed by atoms with Crippen molar-refractivity contribution >= 4 is 29.2 Å². The number of fused-ring (bicyclic) bond motifs is 1. The van der Waals surface area contributed by atoms with Crippen LogP contribution in [0.1, 0.15) is 67.2 Å². The van der Waals surface area contributed by atoms with Crippen molar-refractivity contribution in [2.75, 3.05) is 23.7 Å². The standard InChI is InChI=1S/C24H31N5O5/c1-4-5-12-27(19-20(25)29(14-15(2)3)24(34)26-21(19)31)18(30)11-8-13-28-22(32)16-9-6-7-10-17(16)23(28)33/h6-7,9-10,15H,4-5,8,11-14,25H2,1-3H3,(H,26,31,34). The summed E-state index contributed by atoms with van der Waals surface area (Å²) in [5, 5.41) is 0. The molecule has 3 N–H and O–H groups in total. The predicted octanol–water partition coefficient (Wildman–Crippen LogP) is 1.98. The van der Waals surface area contributed by atoms with Gasteiger partial charge in [0.25, 0.3) is 17.4 Å². The summed E-state index contributed by atoms with van der Waals surface area (Å²) in [5.41, 5.74) is 5.55. The maximum atomic E-state index is 13.2. The van der Waals surface area contributed by atoms with E-state index in [-0.39, 0.29) is 61.1 Å². The maximum absolute atomic E-state index is 13.2. The number of hydrogen-bond acceptors (Lipinski definition) is 6. The fraction of sp³-hybridized carbons (Fsp3) is 0.458. The minimum atomic E-state index is -0.715. The predicted molar refractivity (Wildman–Crippen MR) is 129 cm³/mol. The maximum Gasteiger partial charge on any atom is 0.330 e. The molecule has 1 aliphatic heterocycles. The molecule has 1 aliphatic rings. The molecular formula is C24H31N5O5. The second-order valence-corrected chi connectivity index (χ2v) is 8.81. The van der Waals surface area contributed by atoms with E-state index in [0.717, 1.165) is 11.3 Å². The quantitative estimate of drug-likeness (QED) is 0.510. The third kappa shape index (κ3) is 4.95. The van der Waals surface area contributed by atoms with Gasteiger partial charge in [-0.2, -0.15) is 0 Å². The molecule has 2 heterocycles. The average Bonchev–Trinajstić information content (AvgIpc) is 3.03. The first kappa shape index (κ1) is 24.9. The molecular weight excluding hydrogens is 438 g/mol. The SMILES string of the molecule is CCCCN(C(=O)CCCN1C(=O)c2ccccc2C1=O)c1c(N)n(CC(C)C)c(=O)[nH]c1=O. The second-order valence-electron chi connectivity index (χ2n) is 8.81. The molecule has 0 radical (unpaired) electrons. The molecule has 1 aromatic carbocycles. The number of nitrogens with zero attached hydrogens (tertiary/aromatic N) is 3. The lowest BCUT2D eigenvalue weighted by atomic mass is 10.1. The van der Waals surface area contributed by atoms with E-state index in [1.54, 1.807) is 24.3 Å². The van der Waals surface area contributed by atoms with Crippen molar-refractivity contribution in [3.63, 3.8) is 0 Å². The number of carbonyl (C=O) groups excluding carboxylic acids is 3. The van der Waals surface area contributed by atoms with Crippen LogP contribution in [0.25, 0.3) is 0 Å². The average molecular weight is 470 g/mol. The third-order valence-corrected chi connectivity index (χ3v) is 5.72. The number of aromatic amines is 1. The summed E-state index contributed by atoms with van der Waals surface area (Å²) in [4.78, 5) is 67.9. The number of nitrogen functional groups attached to an aromatic ring is 1. The van der Waals surface area contributed by atoms with Crippen LogP contribution in [0.15, 0.2) is 33.9 Å². The van der Waals surface area contributed by atoms with Crippen LogP contribution in [0.2, 0.25) is 0 Å². The van der Waals surface area contributed by atoms with Gasteiger partial charge in [-0.15, -0.1) is 0 Å². The Kier molecular flexibility index (Phi) is 7.70. The summed E-state index contributed by atoms with van der Waals surface area (Å²) in [6.07, 6.45) is 1.64. The zero-order chi connectivity index (χ0) is 25.0. The molecule has 3 amide bonds. The molecule has 2 aromatic rings. The Morgan fingerprint density at radius 3 is 2.24 bits per heavy atom. The number of aromatic nitrogens is 2. The van der Waals surface area contributed by atoms with Crippen LogP contribution in [0.5, 0.6) is 0 Å². The fourth-order valence-corrected chi connectivity index (χ4v) is 4.03. The van der Waals surface area contributed by atoms with Gasteiger partial charge in [0.2, 0.25) is 5.91 Å². The van der Waals surface area contributed by atoms with Crippen molar-refractivity contribution in [2.45, 2.75) is 53.0 Å². The number of nitrogens with one attached hydrogen (secondary N) is 1. The first-order chi connectivity index (χ1) is 16.2. The lowest BCUT2D eigenvalue weighted by molar-refractivity contribution is -0.118. The number of hydrogen-bond donors (Lipinski definition) is 2. The Morgan fingerprint density at radius 2 is 1.68 bits per heavy atom. The topological polar surface area (TPSA) is 139 Å². The molecule has 0 fully saturated rings. The van der Waals surface area contributed by atoms with Crippen molar-refractivity contribution in [3.05, 3.63) is 56.2 Å². The smallest absolute Gasteiger partial charge is 0.330 e. The molecule has 0 atom stereocenters. The Morgan fingerprint density at radius 1 is 1.06 bits per heavy atom. The summed E-state index contributed by atoms with van der Waals surface area (Å²) < 4.78 is 1.27. The molecule has 3 rings (SSSR count). The number of rotatable bonds is 10. The molecule has 182 valence electrons. The minimum absolute atomic E-state index is 0.000688. The van der Waals surface area contributed by atoms with Crippen LogP contribution in [0, 0.1) is 5.92 Å². The lowest BCUT2D eigenvalue weighted by Crippen LogP contribution is -2.42. The van der Waals surface area contributed by atoms with Gasteiger partial charge in [-0.1, -0.05) is 39.3 Å². The van der Waals surface area contributed by atoms with Gasteiger partial charge in [-0.05, 0) is 30.9 Å². The summed E-state index contributed by atoms with van der Waals surface area (Å²) in [6.45, 7) is 6.42. The van der Waals surface area contributed by atoms with E-state index in [0.29, 0.717) is 24.1 Å². The molecule has 10 nitrogen and oxygen atoms in total. The monoisotopic (exact) mass is 469 g/mol. The Labute approximate surface area is 197 Å². The van der Waals surface area contributed by atoms with Gasteiger partial charge in [0, 0.05) is 26.1 Å². The van der Waals surface area contributed by atoms with Crippen LogP contribution in [0.3, 0.4) is 0 Å². The second kappa shape index (κ2) is 10.5. The number of benzene rings is 1. The van der Waals surface area contributed by atoms with E-state index in [1.807, 2.05) is 20.8 Å². The van der Waals surface area contributed by atoms with E-state index >= 15 is 0 Å². The lowest BCUT2D eigenvalue weighted by Gasteiger charge is -2.25. The molecule has 0 saturated heterocycles. The molecule has 0 aliphatic carbocycles. The van der Waals surface area contributed by atoms with Crippen LogP contribution < -0.4 is 21.9 Å². The van der Waals surface area contributed by atoms with E-state index in [2.05, 4.69) is 4.98 Å². The Hall–Kier alpha value is -3.69. The fourth-order valence-electron chi connectivity index (χ4n) is 4.03. The number of imide groups is 1. The largest absolute Gasteiger partial charge is 0.383 e. The zero-order valence-corrected chi connectivity index (χ0v) is 19.8. The third-order valence-electron chi connectivity index (χ3n) is 5.72. The number of anilines is 2. The van der Waals surface area contributed by atoms with Crippen molar-refractivity contribution in [1.29, 1.82) is 0 Å². The number of H-pyrrole nitrogens is 1. The van der Waals surface area contributed by atoms with Gasteiger partial charge >= 0.3 is 5.69 Å². The van der Waals surface area contributed by atoms with Gasteiger partial charge in [0.05, 0.1) is 11.1 Å². The molecule has 0 spiro atoms. The number of unbranched alkanes of at least 4 members (excludes halogenated alkanes) is 1. The molecule has 0 saturated carbocycles. The molecule has 0 unspecified atom stereocenters. The zero-order valence-electron chi connectivity index (χ0n) is 19.8. The minimum Gasteiger partial charge on any atom is -0.383 e. The van der Waals surface area contributed by atoms with Gasteiger partial charge in [0.1, 0.15) is 5.82 Å². The molecule has 1 aromatic heterocycles. The number of nitrogens with two attached hydrogens (primary N) is 1. The van der Waals surface area contributed by atoms with Crippen LogP contribution in [0.4, 0.5) is 11.5 Å². The number of amides is 3. The summed E-state index contributed by atoms with van der Waals surface area (Å²) in [6, 6.07) is 6.61. The van der Waals surface area contributed by atoms with Crippen LogP contribution in [-0.2, 0) is 11.3 Å². The first-order valence-electron chi connectivity index (χ1n) is 11.6. The highest BCUT2D eigenvalue weighted by molar-refractivity contribution is 6.21. The van der Waals surface area contributed by atoms with Gasteiger partial charge in [-0.25, -0.2) is 4.79 Å². The van der Waals surface area contributed by atoms with Crippen molar-refractivity contribution in [2.24, 2.45) is 5.92 Å². The van der Waals surface area contributed by atoms with E-state index < -0.39 is 11.2 Å². The Bertz CT molecular complexity index is 1180. The van der Waals surface area contributed by atoms with Crippen molar-refractivity contribution < 1.29 is 14.4 Å². The highest BCUT2D eigenvalue weighted by Gasteiger charge is 2.35. The van der Waals surface area contributed by atoms with Gasteiger partial charge < -0.3 is 10.6 Å². The van der Waals surface area contributed by atoms with Crippen molar-refractivity contribution in [1.82, 2.24) is 14.5 Å². The van der Waals surface area contributed by atoms with Crippen LogP contribution >= 0.6 is 0 Å². The molecule has 0 bridgehead atoms. The van der Waals surface area contributed by atoms with Crippen LogP contribution in [-0.4, -0.2) is 45.3 Å². The summed E-state index contributed by atoms with van der Waals surface area (Å²) in [5.74, 6) is -1.07. The molecule has 34 heavy (non-hydrogen) atoms. The first-order valence-corrected chi connectivity index (χ1v) is 11.6. The van der Waals surface area contributed by atoms with Crippen molar-refractivity contribution in [3.8, 4) is 0 Å². The molecule has 10 heteroatoms. The summed E-state index contributed by atoms with van der Waals surface area (Å²) >= 11 is 0. The Balaban J connectivity index is 1.79. The van der Waals surface area contributed by atoms with E-state index in [1.165, 1.54) is 9.47 Å². The van der Waals surface area contributed by atoms with E-state index in [9.17, 15) is 24.0 Å². The number of carbonyl (C=O) groups is 3. The normalized spacial score (nSPS) is 13.0.